The van der Waals surface area contributed by atoms with Crippen molar-refractivity contribution in [2.24, 2.45) is 0 Å². The van der Waals surface area contributed by atoms with Crippen molar-refractivity contribution in [2.75, 3.05) is 0 Å². The van der Waals surface area contributed by atoms with Gasteiger partial charge in [0.15, 0.2) is 5.78 Å². The molecule has 0 saturated heterocycles. The molecule has 0 spiro atoms. The van der Waals surface area contributed by atoms with Crippen LogP contribution in [0.2, 0.25) is 0 Å². The number of Topliss-reactive ketones (excluding diaryl/α,β-unsaturated/α-hetero) is 1. The highest BCUT2D eigenvalue weighted by Crippen LogP contribution is 2.37. The van der Waals surface area contributed by atoms with Crippen LogP contribution in [0.1, 0.15) is 32.7 Å². The van der Waals surface area contributed by atoms with Crippen molar-refractivity contribution in [3.8, 4) is 0 Å². The maximum absolute atomic E-state index is 12.5. The third-order valence-electron chi connectivity index (χ3n) is 3.63. The highest BCUT2D eigenvalue weighted by atomic mass is 32.2. The summed E-state index contributed by atoms with van der Waals surface area (Å²) < 4.78 is 5.35. The lowest BCUT2D eigenvalue weighted by Gasteiger charge is -2.15. The summed E-state index contributed by atoms with van der Waals surface area (Å²) in [5.41, 5.74) is 0.806. The number of thiophene rings is 1. The van der Waals surface area contributed by atoms with Crippen LogP contribution in [0.3, 0.4) is 0 Å². The van der Waals surface area contributed by atoms with E-state index in [9.17, 15) is 14.9 Å². The molecule has 0 aliphatic heterocycles. The van der Waals surface area contributed by atoms with Gasteiger partial charge in [0.25, 0.3) is 5.69 Å². The van der Waals surface area contributed by atoms with Gasteiger partial charge in [0.2, 0.25) is 0 Å². The first kappa shape index (κ1) is 17.4. The Bertz CT molecular complexity index is 844. The fourth-order valence-corrected chi connectivity index (χ4v) is 4.21. The minimum absolute atomic E-state index is 0.0321. The van der Waals surface area contributed by atoms with Crippen molar-refractivity contribution in [3.63, 3.8) is 0 Å². The molecule has 1 aromatic carbocycles. The van der Waals surface area contributed by atoms with Crippen LogP contribution in [-0.4, -0.2) is 10.7 Å². The maximum Gasteiger partial charge on any atom is 0.269 e. The quantitative estimate of drug-likeness (QED) is 0.296. The molecule has 2 heterocycles. The molecule has 0 N–H and O–H groups in total. The highest BCUT2D eigenvalue weighted by molar-refractivity contribution is 7.98. The van der Waals surface area contributed by atoms with Crippen LogP contribution >= 0.6 is 23.1 Å². The van der Waals surface area contributed by atoms with Gasteiger partial charge in [-0.2, -0.15) is 0 Å². The number of hydrogen-bond acceptors (Lipinski definition) is 6. The molecule has 0 amide bonds. The number of nitro benzene ring substituents is 1. The van der Waals surface area contributed by atoms with Gasteiger partial charge < -0.3 is 4.42 Å². The maximum atomic E-state index is 12.5. The third kappa shape index (κ3) is 4.58. The van der Waals surface area contributed by atoms with Gasteiger partial charge in [-0.15, -0.1) is 23.1 Å². The summed E-state index contributed by atoms with van der Waals surface area (Å²) in [6, 6.07) is 13.8. The molecule has 25 heavy (non-hydrogen) atoms. The normalized spacial score (nSPS) is 12.0. The second-order valence-corrected chi connectivity index (χ2v) is 7.47. The van der Waals surface area contributed by atoms with Crippen molar-refractivity contribution >= 4 is 34.6 Å². The van der Waals surface area contributed by atoms with Crippen LogP contribution < -0.4 is 0 Å². The molecule has 0 saturated carbocycles. The molecule has 0 radical (unpaired) electrons. The van der Waals surface area contributed by atoms with Gasteiger partial charge in [-0.1, -0.05) is 18.2 Å². The first-order chi connectivity index (χ1) is 12.1. The van der Waals surface area contributed by atoms with Crippen LogP contribution in [0, 0.1) is 10.1 Å². The number of hydrogen-bond donors (Lipinski definition) is 0. The van der Waals surface area contributed by atoms with E-state index in [1.807, 2.05) is 29.6 Å². The molecule has 1 atom stereocenters. The van der Waals surface area contributed by atoms with E-state index in [1.165, 1.54) is 17.4 Å². The van der Waals surface area contributed by atoms with E-state index in [-0.39, 0.29) is 23.1 Å². The molecular formula is C18H15NO4S2. The van der Waals surface area contributed by atoms with Crippen LogP contribution in [0.5, 0.6) is 0 Å². The molecule has 0 fully saturated rings. The van der Waals surface area contributed by atoms with Gasteiger partial charge in [0.1, 0.15) is 5.76 Å². The Kier molecular flexibility index (Phi) is 5.67. The first-order valence-corrected chi connectivity index (χ1v) is 9.51. The topological polar surface area (TPSA) is 73.3 Å². The molecule has 5 nitrogen and oxygen atoms in total. The van der Waals surface area contributed by atoms with Gasteiger partial charge >= 0.3 is 0 Å². The molecule has 2 aromatic heterocycles. The van der Waals surface area contributed by atoms with E-state index in [4.69, 9.17) is 4.42 Å². The van der Waals surface area contributed by atoms with E-state index in [0.29, 0.717) is 10.6 Å². The lowest BCUT2D eigenvalue weighted by atomic mass is 10.1. The minimum atomic E-state index is -0.418. The fourth-order valence-electron chi connectivity index (χ4n) is 2.40. The Balaban J connectivity index is 1.81. The Morgan fingerprint density at radius 3 is 2.80 bits per heavy atom. The lowest BCUT2D eigenvalue weighted by molar-refractivity contribution is -0.384. The standard InChI is InChI=1S/C18H15NO4S2/c20-16(17-7-3-9-24-17)11-18(25-12-15-6-2-8-23-15)13-4-1-5-14(10-13)19(21)22/h1-10,18H,11-12H2/t18-/m1/s1. The molecule has 3 rings (SSSR count). The first-order valence-electron chi connectivity index (χ1n) is 7.58. The largest absolute Gasteiger partial charge is 0.468 e. The van der Waals surface area contributed by atoms with Gasteiger partial charge in [-0.05, 0) is 29.1 Å². The molecule has 3 aromatic rings. The summed E-state index contributed by atoms with van der Waals surface area (Å²) >= 11 is 2.95. The number of carbonyl (C=O) groups excluding carboxylic acids is 1. The number of carbonyl (C=O) groups is 1. The summed E-state index contributed by atoms with van der Waals surface area (Å²) in [5.74, 6) is 1.44. The van der Waals surface area contributed by atoms with Crippen LogP contribution in [-0.2, 0) is 5.75 Å². The van der Waals surface area contributed by atoms with Crippen molar-refractivity contribution < 1.29 is 14.1 Å². The highest BCUT2D eigenvalue weighted by Gasteiger charge is 2.21. The number of benzene rings is 1. The number of furan rings is 1. The van der Waals surface area contributed by atoms with Gasteiger partial charge in [-0.25, -0.2) is 0 Å². The Morgan fingerprint density at radius 2 is 2.12 bits per heavy atom. The molecule has 0 unspecified atom stereocenters. The third-order valence-corrected chi connectivity index (χ3v) is 5.83. The second-order valence-electron chi connectivity index (χ2n) is 5.34. The second kappa shape index (κ2) is 8.13. The van der Waals surface area contributed by atoms with Crippen molar-refractivity contribution in [1.29, 1.82) is 0 Å². The van der Waals surface area contributed by atoms with Crippen LogP contribution in [0.25, 0.3) is 0 Å². The van der Waals surface area contributed by atoms with Crippen LogP contribution in [0.4, 0.5) is 5.69 Å². The van der Waals surface area contributed by atoms with Gasteiger partial charge in [0.05, 0.1) is 21.8 Å². The average molecular weight is 373 g/mol. The molecule has 7 heteroatoms. The number of non-ortho nitro benzene ring substituents is 1. The monoisotopic (exact) mass is 373 g/mol. The van der Waals surface area contributed by atoms with Crippen molar-refractivity contribution in [2.45, 2.75) is 17.4 Å². The predicted molar refractivity (Wildman–Crippen MR) is 99.1 cm³/mol. The van der Waals surface area contributed by atoms with Crippen molar-refractivity contribution in [3.05, 3.63) is 86.5 Å². The minimum Gasteiger partial charge on any atom is -0.468 e. The van der Waals surface area contributed by atoms with Gasteiger partial charge in [0, 0.05) is 23.8 Å². The number of nitro groups is 1. The van der Waals surface area contributed by atoms with Crippen LogP contribution in [0.15, 0.2) is 64.6 Å². The van der Waals surface area contributed by atoms with E-state index in [1.54, 1.807) is 36.2 Å². The Morgan fingerprint density at radius 1 is 1.24 bits per heavy atom. The van der Waals surface area contributed by atoms with E-state index >= 15 is 0 Å². The molecule has 0 bridgehead atoms. The Labute approximate surface area is 152 Å². The lowest BCUT2D eigenvalue weighted by Crippen LogP contribution is -2.05. The summed E-state index contributed by atoms with van der Waals surface area (Å²) in [7, 11) is 0. The van der Waals surface area contributed by atoms with Gasteiger partial charge in [-0.3, -0.25) is 14.9 Å². The molecule has 0 aliphatic carbocycles. The zero-order valence-corrected chi connectivity index (χ0v) is 14.8. The number of thioether (sulfide) groups is 1. The number of ketones is 1. The SMILES string of the molecule is O=C(C[C@@H](SCc1ccco1)c1cccc([N+](=O)[O-])c1)c1cccs1. The van der Waals surface area contributed by atoms with E-state index < -0.39 is 4.92 Å². The molecular weight excluding hydrogens is 358 g/mol. The van der Waals surface area contributed by atoms with Crippen molar-refractivity contribution in [1.82, 2.24) is 0 Å². The fraction of sp³-hybridized carbons (Fsp3) is 0.167. The average Bonchev–Trinajstić information content (AvgIpc) is 3.31. The summed E-state index contributed by atoms with van der Waals surface area (Å²) in [6.45, 7) is 0. The summed E-state index contributed by atoms with van der Waals surface area (Å²) in [5, 5.41) is 12.7. The van der Waals surface area contributed by atoms with E-state index in [0.717, 1.165) is 11.3 Å². The number of nitrogens with zero attached hydrogens (tertiary/aromatic N) is 1. The predicted octanol–water partition coefficient (Wildman–Crippen LogP) is 5.50. The smallest absolute Gasteiger partial charge is 0.269 e. The van der Waals surface area contributed by atoms with E-state index in [2.05, 4.69) is 0 Å². The molecule has 0 aliphatic rings. The molecule has 128 valence electrons. The zero-order chi connectivity index (χ0) is 17.6. The number of rotatable bonds is 8. The Hall–Kier alpha value is -2.38. The zero-order valence-electron chi connectivity index (χ0n) is 13.2. The summed E-state index contributed by atoms with van der Waals surface area (Å²) in [6.07, 6.45) is 1.89. The summed E-state index contributed by atoms with van der Waals surface area (Å²) in [4.78, 5) is 23.8.